The van der Waals surface area contributed by atoms with Crippen LogP contribution in [0.1, 0.15) is 26.3 Å². The molecule has 0 saturated carbocycles. The number of aromatic nitrogens is 4. The van der Waals surface area contributed by atoms with E-state index in [1.54, 1.807) is 24.2 Å². The van der Waals surface area contributed by atoms with E-state index in [1.165, 1.54) is 10.6 Å². The number of aryl methyl sites for hydroxylation is 1. The first-order valence-corrected chi connectivity index (χ1v) is 15.9. The molecule has 2 aliphatic heterocycles. The summed E-state index contributed by atoms with van der Waals surface area (Å²) in [4.78, 5) is 42.1. The van der Waals surface area contributed by atoms with Crippen LogP contribution in [0.5, 0.6) is 0 Å². The van der Waals surface area contributed by atoms with Crippen LogP contribution in [0.4, 0.5) is 15.9 Å². The number of hydrogen-bond donors (Lipinski definition) is 1. The third kappa shape index (κ3) is 4.95. The number of nitrogens with zero attached hydrogens (tertiary/aromatic N) is 7. The number of likely N-dealkylation sites (N-methyl/N-ethyl adjacent to an activating group) is 1. The molecule has 1 N–H and O–H groups in total. The second-order valence-corrected chi connectivity index (χ2v) is 12.8. The first-order chi connectivity index (χ1) is 22.4. The number of carbonyl (C=O) groups excluding carboxylic acids is 1. The standard InChI is InChI=1S/C35H38ClFN8O2/c1-9-19(5)31(30(38-7)18(3)4)45-33-27-32(28(36)26(29(33)37)25-20(6)11-12-23-22(25)15-39-41-23)42(8)16-21-17-43(24(46)10-2)13-14-44(21)34(27)40-35(45)47/h9-12,15,18,21H,1-2,13-14,16-17H2,3-8H3,(H,39,41)/b31-19+,38-30?. The molecule has 0 bridgehead atoms. The van der Waals surface area contributed by atoms with E-state index < -0.39 is 11.5 Å². The van der Waals surface area contributed by atoms with Crippen molar-refractivity contribution in [2.24, 2.45) is 10.9 Å². The summed E-state index contributed by atoms with van der Waals surface area (Å²) in [6.45, 7) is 16.9. The van der Waals surface area contributed by atoms with Gasteiger partial charge in [-0.2, -0.15) is 10.1 Å². The first-order valence-electron chi connectivity index (χ1n) is 15.6. The molecule has 47 heavy (non-hydrogen) atoms. The van der Waals surface area contributed by atoms with Gasteiger partial charge in [0.05, 0.1) is 45.3 Å². The number of rotatable bonds is 6. The van der Waals surface area contributed by atoms with Gasteiger partial charge in [0.1, 0.15) is 11.3 Å². The van der Waals surface area contributed by atoms with Crippen LogP contribution in [-0.2, 0) is 4.79 Å². The summed E-state index contributed by atoms with van der Waals surface area (Å²) in [6, 6.07) is 3.52. The highest BCUT2D eigenvalue weighted by atomic mass is 35.5. The van der Waals surface area contributed by atoms with E-state index in [9.17, 15) is 9.59 Å². The second kappa shape index (κ2) is 12.1. The predicted molar refractivity (Wildman–Crippen MR) is 189 cm³/mol. The van der Waals surface area contributed by atoms with Gasteiger partial charge in [-0.3, -0.25) is 19.5 Å². The number of benzene rings is 2. The fourth-order valence-electron chi connectivity index (χ4n) is 7.08. The maximum absolute atomic E-state index is 17.9. The number of allylic oxidation sites excluding steroid dienone is 3. The zero-order valence-electron chi connectivity index (χ0n) is 27.5. The number of hydrogen-bond acceptors (Lipinski definition) is 7. The number of fused-ring (bicyclic) bond motifs is 3. The third-order valence-corrected chi connectivity index (χ3v) is 9.66. The molecule has 4 heterocycles. The van der Waals surface area contributed by atoms with Gasteiger partial charge in [-0.15, -0.1) is 0 Å². The van der Waals surface area contributed by atoms with Crippen LogP contribution in [0.25, 0.3) is 38.6 Å². The molecular formula is C35H38ClFN8O2. The Kier molecular flexibility index (Phi) is 8.29. The highest BCUT2D eigenvalue weighted by molar-refractivity contribution is 6.39. The lowest BCUT2D eigenvalue weighted by Crippen LogP contribution is -2.57. The molecule has 2 aromatic carbocycles. The van der Waals surface area contributed by atoms with Crippen LogP contribution >= 0.6 is 11.6 Å². The molecule has 10 nitrogen and oxygen atoms in total. The van der Waals surface area contributed by atoms with Gasteiger partial charge in [0.2, 0.25) is 5.91 Å². The summed E-state index contributed by atoms with van der Waals surface area (Å²) in [5.41, 5.74) is 3.84. The van der Waals surface area contributed by atoms with Gasteiger partial charge in [0.25, 0.3) is 0 Å². The van der Waals surface area contributed by atoms with E-state index in [4.69, 9.17) is 11.6 Å². The number of aromatic amines is 1. The van der Waals surface area contributed by atoms with E-state index in [-0.39, 0.29) is 34.0 Å². The summed E-state index contributed by atoms with van der Waals surface area (Å²) >= 11 is 7.37. The minimum atomic E-state index is -0.660. The molecule has 4 aromatic rings. The molecule has 2 aromatic heterocycles. The van der Waals surface area contributed by atoms with Gasteiger partial charge in [0, 0.05) is 56.8 Å². The number of H-pyrrole nitrogens is 1. The summed E-state index contributed by atoms with van der Waals surface area (Å²) in [5, 5.41) is 8.51. The van der Waals surface area contributed by atoms with Crippen LogP contribution in [0.2, 0.25) is 5.02 Å². The van der Waals surface area contributed by atoms with Crippen molar-refractivity contribution in [3.05, 3.63) is 76.1 Å². The summed E-state index contributed by atoms with van der Waals surface area (Å²) in [6.07, 6.45) is 4.60. The minimum absolute atomic E-state index is 0.0457. The largest absolute Gasteiger partial charge is 0.371 e. The van der Waals surface area contributed by atoms with Gasteiger partial charge in [-0.1, -0.05) is 50.7 Å². The normalized spacial score (nSPS) is 17.3. The number of nitrogens with one attached hydrogen (secondary N) is 1. The third-order valence-electron chi connectivity index (χ3n) is 9.29. The quantitative estimate of drug-likeness (QED) is 0.159. The van der Waals surface area contributed by atoms with Crippen molar-refractivity contribution < 1.29 is 9.18 Å². The highest BCUT2D eigenvalue weighted by Crippen LogP contribution is 2.50. The van der Waals surface area contributed by atoms with Gasteiger partial charge >= 0.3 is 5.69 Å². The Morgan fingerprint density at radius 1 is 1.19 bits per heavy atom. The molecule has 1 fully saturated rings. The number of aliphatic imine (C=N–C) groups is 1. The van der Waals surface area contributed by atoms with Crippen molar-refractivity contribution in [1.29, 1.82) is 0 Å². The van der Waals surface area contributed by atoms with E-state index in [2.05, 4.69) is 33.3 Å². The van der Waals surface area contributed by atoms with Crippen LogP contribution < -0.4 is 15.5 Å². The smallest absolute Gasteiger partial charge is 0.354 e. The lowest BCUT2D eigenvalue weighted by molar-refractivity contribution is -0.126. The lowest BCUT2D eigenvalue weighted by atomic mass is 9.93. The Morgan fingerprint density at radius 3 is 2.60 bits per heavy atom. The van der Waals surface area contributed by atoms with E-state index in [1.807, 2.05) is 56.7 Å². The zero-order chi connectivity index (χ0) is 33.9. The van der Waals surface area contributed by atoms with Gasteiger partial charge in [-0.05, 0) is 43.0 Å². The Bertz CT molecular complexity index is 2110. The lowest BCUT2D eigenvalue weighted by Gasteiger charge is -2.41. The van der Waals surface area contributed by atoms with Crippen molar-refractivity contribution in [2.75, 3.05) is 50.1 Å². The Hall–Kier alpha value is -4.77. The van der Waals surface area contributed by atoms with Crippen LogP contribution in [0.3, 0.4) is 0 Å². The average Bonchev–Trinajstić information content (AvgIpc) is 3.48. The fraction of sp³-hybridized carbons (Fsp3) is 0.343. The Balaban J connectivity index is 1.81. The highest BCUT2D eigenvalue weighted by Gasteiger charge is 2.39. The number of halogens is 2. The van der Waals surface area contributed by atoms with Crippen LogP contribution in [-0.4, -0.2) is 82.6 Å². The van der Waals surface area contributed by atoms with Gasteiger partial charge < -0.3 is 14.7 Å². The predicted octanol–water partition coefficient (Wildman–Crippen LogP) is 5.84. The van der Waals surface area contributed by atoms with Crippen molar-refractivity contribution in [3.63, 3.8) is 0 Å². The topological polar surface area (TPSA) is 103 Å². The molecule has 2 aliphatic rings. The monoisotopic (exact) mass is 656 g/mol. The molecule has 244 valence electrons. The summed E-state index contributed by atoms with van der Waals surface area (Å²) in [7, 11) is 3.55. The molecule has 1 atom stereocenters. The molecule has 1 amide bonds. The van der Waals surface area contributed by atoms with Crippen LogP contribution in [0, 0.1) is 18.7 Å². The molecule has 12 heteroatoms. The maximum Gasteiger partial charge on any atom is 0.354 e. The number of carbonyl (C=O) groups is 1. The molecule has 1 unspecified atom stereocenters. The number of amides is 1. The van der Waals surface area contributed by atoms with E-state index >= 15 is 4.39 Å². The molecule has 6 rings (SSSR count). The minimum Gasteiger partial charge on any atom is -0.371 e. The van der Waals surface area contributed by atoms with Crippen molar-refractivity contribution in [1.82, 2.24) is 24.6 Å². The van der Waals surface area contributed by atoms with Gasteiger partial charge in [-0.25, -0.2) is 9.18 Å². The molecule has 0 radical (unpaired) electrons. The molecule has 0 aliphatic carbocycles. The summed E-state index contributed by atoms with van der Waals surface area (Å²) < 4.78 is 19.2. The number of anilines is 2. The maximum atomic E-state index is 17.9. The molecule has 1 saturated heterocycles. The van der Waals surface area contributed by atoms with Crippen molar-refractivity contribution >= 4 is 62.2 Å². The second-order valence-electron chi connectivity index (χ2n) is 12.4. The van der Waals surface area contributed by atoms with E-state index in [0.29, 0.717) is 71.0 Å². The van der Waals surface area contributed by atoms with Crippen molar-refractivity contribution in [3.8, 4) is 11.1 Å². The SMILES string of the molecule is C=CC(=O)N1CCN2c3nc(=O)n(/C(C(=NC)C(C)C)=C(\C)C=C)c4c(F)c(-c5c(C)ccc6[nH]ncc56)c(Cl)c(c34)N(C)CC2C1. The Labute approximate surface area is 277 Å². The zero-order valence-corrected chi connectivity index (χ0v) is 28.2. The number of piperazine rings is 1. The van der Waals surface area contributed by atoms with Crippen LogP contribution in [0.15, 0.2) is 59.0 Å². The first kappa shape index (κ1) is 32.2. The molecular weight excluding hydrogens is 619 g/mol. The van der Waals surface area contributed by atoms with E-state index in [0.717, 1.165) is 11.1 Å². The Morgan fingerprint density at radius 2 is 1.94 bits per heavy atom. The average molecular weight is 657 g/mol. The molecule has 0 spiro atoms. The van der Waals surface area contributed by atoms with Gasteiger partial charge in [0.15, 0.2) is 5.82 Å². The van der Waals surface area contributed by atoms with Crippen molar-refractivity contribution in [2.45, 2.75) is 33.7 Å². The fourth-order valence-corrected chi connectivity index (χ4v) is 7.50. The summed E-state index contributed by atoms with van der Waals surface area (Å²) in [5.74, 6) is -0.613.